The molecule has 0 aromatic carbocycles. The third kappa shape index (κ3) is 1.51. The second-order valence-corrected chi connectivity index (χ2v) is 3.41. The van der Waals surface area contributed by atoms with Crippen LogP contribution >= 0.6 is 7.51 Å². The second kappa shape index (κ2) is 3.37. The van der Waals surface area contributed by atoms with E-state index in [9.17, 15) is 4.79 Å². The van der Waals surface area contributed by atoms with Gasteiger partial charge in [-0.3, -0.25) is 4.79 Å². The van der Waals surface area contributed by atoms with Gasteiger partial charge in [-0.25, -0.2) is 4.67 Å². The first kappa shape index (κ1) is 8.05. The Morgan fingerprint density at radius 1 is 1.80 bits per heavy atom. The molecule has 0 radical (unpaired) electrons. The number of hydrogen-bond acceptors (Lipinski definition) is 2. The lowest BCUT2D eigenvalue weighted by Crippen LogP contribution is -2.28. The standard InChI is InChI=1S/C5H8NO2PS/c7-5(8)4-2-1-3-6(4)9-10/h4H,1-3H2,(H,7,8)/t4-/m0/s1. The number of rotatable bonds is 2. The fourth-order valence-corrected chi connectivity index (χ4v) is 2.24. The molecule has 1 heterocycles. The van der Waals surface area contributed by atoms with Crippen LogP contribution in [-0.4, -0.2) is 28.3 Å². The van der Waals surface area contributed by atoms with Gasteiger partial charge >= 0.3 is 5.97 Å². The van der Waals surface area contributed by atoms with Gasteiger partial charge in [-0.15, -0.1) is 0 Å². The average molecular weight is 177 g/mol. The summed E-state index contributed by atoms with van der Waals surface area (Å²) in [7, 11) is 0.663. The van der Waals surface area contributed by atoms with E-state index < -0.39 is 5.97 Å². The lowest BCUT2D eigenvalue weighted by atomic mass is 10.2. The maximum absolute atomic E-state index is 10.5. The molecule has 1 aliphatic heterocycles. The van der Waals surface area contributed by atoms with E-state index in [0.717, 1.165) is 19.4 Å². The fourth-order valence-electron chi connectivity index (χ4n) is 1.10. The molecule has 0 bridgehead atoms. The monoisotopic (exact) mass is 177 g/mol. The van der Waals surface area contributed by atoms with E-state index in [1.807, 2.05) is 0 Å². The second-order valence-electron chi connectivity index (χ2n) is 2.24. The number of hydrogen-bond donors (Lipinski definition) is 1. The van der Waals surface area contributed by atoms with Gasteiger partial charge in [0.1, 0.15) is 6.04 Å². The van der Waals surface area contributed by atoms with Crippen molar-refractivity contribution in [1.82, 2.24) is 4.67 Å². The summed E-state index contributed by atoms with van der Waals surface area (Å²) in [5, 5.41) is 8.62. The van der Waals surface area contributed by atoms with Crippen LogP contribution in [0.25, 0.3) is 0 Å². The Morgan fingerprint density at radius 2 is 2.50 bits per heavy atom. The van der Waals surface area contributed by atoms with Crippen molar-refractivity contribution in [3.8, 4) is 0 Å². The highest BCUT2D eigenvalue weighted by Gasteiger charge is 2.29. The Labute approximate surface area is 65.9 Å². The maximum atomic E-state index is 10.5. The smallest absolute Gasteiger partial charge is 0.321 e. The van der Waals surface area contributed by atoms with Crippen molar-refractivity contribution in [2.24, 2.45) is 0 Å². The van der Waals surface area contributed by atoms with Crippen LogP contribution in [0.1, 0.15) is 12.8 Å². The molecule has 1 saturated heterocycles. The molecule has 1 atom stereocenters. The van der Waals surface area contributed by atoms with E-state index in [2.05, 4.69) is 0 Å². The van der Waals surface area contributed by atoms with E-state index in [0.29, 0.717) is 7.51 Å². The molecule has 1 rings (SSSR count). The van der Waals surface area contributed by atoms with Gasteiger partial charge in [-0.1, -0.05) is 0 Å². The Balaban J connectivity index is 2.58. The van der Waals surface area contributed by atoms with Gasteiger partial charge < -0.3 is 5.11 Å². The molecule has 3 nitrogen and oxygen atoms in total. The fraction of sp³-hybridized carbons (Fsp3) is 0.800. The zero-order valence-corrected chi connectivity index (χ0v) is 7.07. The van der Waals surface area contributed by atoms with Crippen molar-refractivity contribution in [3.63, 3.8) is 0 Å². The van der Waals surface area contributed by atoms with E-state index >= 15 is 0 Å². The Morgan fingerprint density at radius 3 is 2.90 bits per heavy atom. The van der Waals surface area contributed by atoms with Gasteiger partial charge in [-0.05, 0) is 24.6 Å². The zero-order chi connectivity index (χ0) is 7.56. The van der Waals surface area contributed by atoms with Crippen molar-refractivity contribution in [2.45, 2.75) is 18.9 Å². The van der Waals surface area contributed by atoms with Crippen molar-refractivity contribution in [2.75, 3.05) is 6.54 Å². The quantitative estimate of drug-likeness (QED) is 0.635. The minimum atomic E-state index is -0.741. The number of carboxylic acids is 1. The molecular weight excluding hydrogens is 169 g/mol. The molecule has 10 heavy (non-hydrogen) atoms. The SMILES string of the molecule is O=C(O)[C@@H]1CCCN1P=S. The molecule has 0 amide bonds. The highest BCUT2D eigenvalue weighted by atomic mass is 32.4. The molecule has 56 valence electrons. The predicted molar refractivity (Wildman–Crippen MR) is 41.6 cm³/mol. The highest BCUT2D eigenvalue weighted by molar-refractivity contribution is 7.95. The van der Waals surface area contributed by atoms with E-state index in [-0.39, 0.29) is 6.04 Å². The van der Waals surface area contributed by atoms with Crippen molar-refractivity contribution < 1.29 is 9.90 Å². The molecule has 0 aromatic rings. The molecule has 1 N–H and O–H groups in total. The summed E-state index contributed by atoms with van der Waals surface area (Å²) in [6, 6.07) is -0.320. The molecule has 0 aromatic heterocycles. The first-order chi connectivity index (χ1) is 4.75. The summed E-state index contributed by atoms with van der Waals surface area (Å²) in [4.78, 5) is 10.5. The number of carboxylic acid groups (broad SMARTS) is 1. The van der Waals surface area contributed by atoms with Gasteiger partial charge in [0, 0.05) is 6.54 Å². The highest BCUT2D eigenvalue weighted by Crippen LogP contribution is 2.23. The van der Waals surface area contributed by atoms with Crippen molar-refractivity contribution >= 4 is 25.3 Å². The summed E-state index contributed by atoms with van der Waals surface area (Å²) in [6.07, 6.45) is 1.71. The summed E-state index contributed by atoms with van der Waals surface area (Å²) in [5.41, 5.74) is 0. The lowest BCUT2D eigenvalue weighted by molar-refractivity contribution is -0.140. The first-order valence-electron chi connectivity index (χ1n) is 3.08. The molecule has 0 aliphatic carbocycles. The number of nitrogens with zero attached hydrogens (tertiary/aromatic N) is 1. The van der Waals surface area contributed by atoms with Crippen LogP contribution in [0.2, 0.25) is 0 Å². The maximum Gasteiger partial charge on any atom is 0.321 e. The third-order valence-corrected chi connectivity index (χ3v) is 2.93. The number of aliphatic carboxylic acids is 1. The molecule has 0 saturated carbocycles. The van der Waals surface area contributed by atoms with E-state index in [1.54, 1.807) is 4.67 Å². The number of carbonyl (C=O) groups is 1. The van der Waals surface area contributed by atoms with E-state index in [4.69, 9.17) is 16.9 Å². The van der Waals surface area contributed by atoms with Gasteiger partial charge in [0.25, 0.3) is 0 Å². The summed E-state index contributed by atoms with van der Waals surface area (Å²) in [6.45, 7) is 0.835. The average Bonchev–Trinajstić information content (AvgIpc) is 2.33. The third-order valence-electron chi connectivity index (χ3n) is 1.61. The van der Waals surface area contributed by atoms with Crippen LogP contribution < -0.4 is 0 Å². The Kier molecular flexibility index (Phi) is 2.72. The van der Waals surface area contributed by atoms with Gasteiger partial charge in [0.15, 0.2) is 0 Å². The Hall–Kier alpha value is -0.0500. The Bertz CT molecular complexity index is 164. The van der Waals surface area contributed by atoms with Crippen LogP contribution in [0.5, 0.6) is 0 Å². The van der Waals surface area contributed by atoms with E-state index in [1.165, 1.54) is 0 Å². The normalized spacial score (nSPS) is 27.4. The van der Waals surface area contributed by atoms with Crippen LogP contribution in [0.3, 0.4) is 0 Å². The molecule has 1 fully saturated rings. The van der Waals surface area contributed by atoms with Gasteiger partial charge in [0.2, 0.25) is 0 Å². The summed E-state index contributed by atoms with van der Waals surface area (Å²) < 4.78 is 1.79. The van der Waals surface area contributed by atoms with Gasteiger partial charge in [0.05, 0.1) is 7.51 Å². The molecule has 0 unspecified atom stereocenters. The summed E-state index contributed by atoms with van der Waals surface area (Å²) in [5.74, 6) is -0.741. The van der Waals surface area contributed by atoms with Crippen molar-refractivity contribution in [1.29, 1.82) is 0 Å². The summed E-state index contributed by atoms with van der Waals surface area (Å²) >= 11 is 4.74. The zero-order valence-electron chi connectivity index (χ0n) is 5.36. The molecule has 5 heteroatoms. The van der Waals surface area contributed by atoms with Crippen molar-refractivity contribution in [3.05, 3.63) is 0 Å². The molecule has 0 spiro atoms. The lowest BCUT2D eigenvalue weighted by Gasteiger charge is -2.12. The van der Waals surface area contributed by atoms with Gasteiger partial charge in [-0.2, -0.15) is 0 Å². The minimum Gasteiger partial charge on any atom is -0.480 e. The largest absolute Gasteiger partial charge is 0.480 e. The van der Waals surface area contributed by atoms with Crippen LogP contribution in [0.15, 0.2) is 0 Å². The van der Waals surface area contributed by atoms with Crippen LogP contribution in [0.4, 0.5) is 0 Å². The topological polar surface area (TPSA) is 40.5 Å². The van der Waals surface area contributed by atoms with Crippen LogP contribution in [-0.2, 0) is 16.6 Å². The molecular formula is C5H8NO2PS. The molecule has 1 aliphatic rings. The predicted octanol–water partition coefficient (Wildman–Crippen LogP) is 0.858. The minimum absolute atomic E-state index is 0.320. The van der Waals surface area contributed by atoms with Crippen LogP contribution in [0, 0.1) is 0 Å². The first-order valence-corrected chi connectivity index (χ1v) is 4.94.